The first kappa shape index (κ1) is 8.25. The summed E-state index contributed by atoms with van der Waals surface area (Å²) in [4.78, 5) is 0. The zero-order valence-electron chi connectivity index (χ0n) is 5.39. The molecule has 0 aromatic carbocycles. The molecule has 0 fully saturated rings. The fourth-order valence-electron chi connectivity index (χ4n) is 0.537. The second kappa shape index (κ2) is 4.16. The maximum absolute atomic E-state index is 8.77. The van der Waals surface area contributed by atoms with Crippen LogP contribution in [0.2, 0.25) is 0 Å². The molecular formula is C6H13ClO. The lowest BCUT2D eigenvalue weighted by Gasteiger charge is -2.06. The Bertz CT molecular complexity index is 54.5. The van der Waals surface area contributed by atoms with Gasteiger partial charge in [0, 0.05) is 5.38 Å². The molecule has 0 rings (SSSR count). The molecule has 0 saturated heterocycles. The van der Waals surface area contributed by atoms with Crippen LogP contribution in [-0.2, 0) is 0 Å². The molecule has 8 heavy (non-hydrogen) atoms. The van der Waals surface area contributed by atoms with Crippen molar-refractivity contribution in [2.45, 2.75) is 38.2 Å². The fourth-order valence-corrected chi connectivity index (χ4v) is 0.795. The molecule has 0 bridgehead atoms. The lowest BCUT2D eigenvalue weighted by Crippen LogP contribution is -2.08. The minimum absolute atomic E-state index is 0.148. The molecule has 0 heterocycles. The van der Waals surface area contributed by atoms with Gasteiger partial charge in [0.25, 0.3) is 0 Å². The molecule has 2 heteroatoms. The summed E-state index contributed by atoms with van der Waals surface area (Å²) < 4.78 is 0. The van der Waals surface area contributed by atoms with Crippen molar-refractivity contribution in [3.05, 3.63) is 0 Å². The molecule has 0 aliphatic rings. The largest absolute Gasteiger partial charge is 0.393 e. The highest BCUT2D eigenvalue weighted by molar-refractivity contribution is 6.20. The monoisotopic (exact) mass is 136 g/mol. The van der Waals surface area contributed by atoms with E-state index in [2.05, 4.69) is 0 Å². The van der Waals surface area contributed by atoms with Crippen molar-refractivity contribution >= 4 is 11.6 Å². The Labute approximate surface area is 55.7 Å². The van der Waals surface area contributed by atoms with Gasteiger partial charge in [-0.2, -0.15) is 0 Å². The zero-order chi connectivity index (χ0) is 6.57. The molecule has 1 nitrogen and oxygen atoms in total. The third-order valence-corrected chi connectivity index (χ3v) is 1.53. The van der Waals surface area contributed by atoms with Gasteiger partial charge in [-0.05, 0) is 19.8 Å². The van der Waals surface area contributed by atoms with E-state index in [1.807, 2.05) is 6.92 Å². The van der Waals surface area contributed by atoms with E-state index in [-0.39, 0.29) is 11.5 Å². The number of alkyl halides is 1. The Balaban J connectivity index is 3.10. The van der Waals surface area contributed by atoms with Gasteiger partial charge in [0.2, 0.25) is 0 Å². The molecule has 0 spiro atoms. The van der Waals surface area contributed by atoms with Gasteiger partial charge in [-0.15, -0.1) is 11.6 Å². The van der Waals surface area contributed by atoms with E-state index in [1.165, 1.54) is 0 Å². The van der Waals surface area contributed by atoms with Crippen LogP contribution in [0.4, 0.5) is 0 Å². The molecular weight excluding hydrogens is 124 g/mol. The highest BCUT2D eigenvalue weighted by Crippen LogP contribution is 2.08. The van der Waals surface area contributed by atoms with E-state index in [1.54, 1.807) is 6.92 Å². The van der Waals surface area contributed by atoms with E-state index in [9.17, 15) is 0 Å². The van der Waals surface area contributed by atoms with E-state index in [0.717, 1.165) is 6.42 Å². The summed E-state index contributed by atoms with van der Waals surface area (Å²) in [7, 11) is 0. The Kier molecular flexibility index (Phi) is 4.29. The molecule has 1 N–H and O–H groups in total. The third-order valence-electron chi connectivity index (χ3n) is 1.04. The van der Waals surface area contributed by atoms with Crippen LogP contribution in [0.3, 0.4) is 0 Å². The minimum Gasteiger partial charge on any atom is -0.393 e. The second-order valence-electron chi connectivity index (χ2n) is 2.09. The van der Waals surface area contributed by atoms with Crippen molar-refractivity contribution in [3.63, 3.8) is 0 Å². The molecule has 0 aliphatic carbocycles. The molecule has 0 radical (unpaired) electrons. The average Bonchev–Trinajstić information content (AvgIpc) is 1.65. The van der Waals surface area contributed by atoms with Crippen LogP contribution in [0, 0.1) is 0 Å². The first-order chi connectivity index (χ1) is 3.66. The maximum atomic E-state index is 8.77. The van der Waals surface area contributed by atoms with Gasteiger partial charge in [0.05, 0.1) is 6.10 Å². The van der Waals surface area contributed by atoms with Crippen molar-refractivity contribution in [2.24, 2.45) is 0 Å². The van der Waals surface area contributed by atoms with Gasteiger partial charge in [0.15, 0.2) is 0 Å². The second-order valence-corrected chi connectivity index (χ2v) is 2.71. The van der Waals surface area contributed by atoms with E-state index < -0.39 is 0 Å². The molecule has 0 aromatic rings. The lowest BCUT2D eigenvalue weighted by molar-refractivity contribution is 0.182. The summed E-state index contributed by atoms with van der Waals surface area (Å²) in [5, 5.41) is 8.92. The number of hydrogen-bond acceptors (Lipinski definition) is 1. The average molecular weight is 137 g/mol. The number of aliphatic hydroxyl groups is 1. The quantitative estimate of drug-likeness (QED) is 0.587. The maximum Gasteiger partial charge on any atom is 0.0526 e. The van der Waals surface area contributed by atoms with Crippen molar-refractivity contribution in [1.82, 2.24) is 0 Å². The number of halogens is 1. The number of aliphatic hydroxyl groups excluding tert-OH is 1. The van der Waals surface area contributed by atoms with Gasteiger partial charge in [-0.1, -0.05) is 6.92 Å². The van der Waals surface area contributed by atoms with E-state index in [0.29, 0.717) is 6.42 Å². The number of hydrogen-bond donors (Lipinski definition) is 1. The Morgan fingerprint density at radius 2 is 2.12 bits per heavy atom. The summed E-state index contributed by atoms with van der Waals surface area (Å²) >= 11 is 5.70. The highest BCUT2D eigenvalue weighted by Gasteiger charge is 2.03. The van der Waals surface area contributed by atoms with Crippen LogP contribution in [0.1, 0.15) is 26.7 Å². The molecule has 2 unspecified atom stereocenters. The van der Waals surface area contributed by atoms with Crippen molar-refractivity contribution < 1.29 is 5.11 Å². The SMILES string of the molecule is CCC(Cl)CC(C)O. The molecule has 2 atom stereocenters. The van der Waals surface area contributed by atoms with Crippen LogP contribution in [0.5, 0.6) is 0 Å². The molecule has 0 aliphatic heterocycles. The molecule has 0 aromatic heterocycles. The summed E-state index contributed by atoms with van der Waals surface area (Å²) in [6, 6.07) is 0. The Morgan fingerprint density at radius 1 is 1.62 bits per heavy atom. The molecule has 50 valence electrons. The Morgan fingerprint density at radius 3 is 2.25 bits per heavy atom. The van der Waals surface area contributed by atoms with Gasteiger partial charge in [0.1, 0.15) is 0 Å². The van der Waals surface area contributed by atoms with Crippen LogP contribution >= 0.6 is 11.6 Å². The first-order valence-corrected chi connectivity index (χ1v) is 3.42. The van der Waals surface area contributed by atoms with Crippen LogP contribution < -0.4 is 0 Å². The summed E-state index contributed by atoms with van der Waals surface area (Å²) in [6.07, 6.45) is 1.39. The fraction of sp³-hybridized carbons (Fsp3) is 1.00. The van der Waals surface area contributed by atoms with Crippen molar-refractivity contribution in [1.29, 1.82) is 0 Å². The van der Waals surface area contributed by atoms with Gasteiger partial charge >= 0.3 is 0 Å². The predicted octanol–water partition coefficient (Wildman–Crippen LogP) is 1.77. The van der Waals surface area contributed by atoms with Crippen molar-refractivity contribution in [2.75, 3.05) is 0 Å². The van der Waals surface area contributed by atoms with Gasteiger partial charge in [-0.25, -0.2) is 0 Å². The standard InChI is InChI=1S/C6H13ClO/c1-3-6(7)4-5(2)8/h5-6,8H,3-4H2,1-2H3. The van der Waals surface area contributed by atoms with Gasteiger partial charge in [-0.3, -0.25) is 0 Å². The van der Waals surface area contributed by atoms with Crippen LogP contribution in [0.15, 0.2) is 0 Å². The summed E-state index contributed by atoms with van der Waals surface area (Å²) in [5.74, 6) is 0. The molecule has 0 saturated carbocycles. The van der Waals surface area contributed by atoms with Crippen LogP contribution in [-0.4, -0.2) is 16.6 Å². The first-order valence-electron chi connectivity index (χ1n) is 2.99. The zero-order valence-corrected chi connectivity index (χ0v) is 6.15. The lowest BCUT2D eigenvalue weighted by atomic mass is 10.2. The predicted molar refractivity (Wildman–Crippen MR) is 36.2 cm³/mol. The highest BCUT2D eigenvalue weighted by atomic mass is 35.5. The normalized spacial score (nSPS) is 18.0. The van der Waals surface area contributed by atoms with E-state index >= 15 is 0 Å². The van der Waals surface area contributed by atoms with E-state index in [4.69, 9.17) is 16.7 Å². The third kappa shape index (κ3) is 4.41. The number of rotatable bonds is 3. The van der Waals surface area contributed by atoms with Crippen molar-refractivity contribution in [3.8, 4) is 0 Å². The Hall–Kier alpha value is 0.250. The smallest absolute Gasteiger partial charge is 0.0526 e. The van der Waals surface area contributed by atoms with Gasteiger partial charge < -0.3 is 5.11 Å². The summed E-state index contributed by atoms with van der Waals surface area (Å²) in [5.41, 5.74) is 0. The minimum atomic E-state index is -0.252. The van der Waals surface area contributed by atoms with Crippen LogP contribution in [0.25, 0.3) is 0 Å². The summed E-state index contributed by atoms with van der Waals surface area (Å²) in [6.45, 7) is 3.77. The molecule has 0 amide bonds. The topological polar surface area (TPSA) is 20.2 Å².